The molecule has 4 rings (SSSR count). The van der Waals surface area contributed by atoms with Crippen molar-refractivity contribution in [3.05, 3.63) is 0 Å². The van der Waals surface area contributed by atoms with Crippen LogP contribution in [0.1, 0.15) is 91.9 Å². The van der Waals surface area contributed by atoms with Crippen LogP contribution in [-0.4, -0.2) is 10.7 Å². The Hall–Kier alpha value is -0.0400. The molecule has 1 N–H and O–H groups in total. The molecule has 23 heavy (non-hydrogen) atoms. The van der Waals surface area contributed by atoms with E-state index < -0.39 is 5.60 Å². The zero-order chi connectivity index (χ0) is 16.5. The average molecular weight is 319 g/mol. The maximum absolute atomic E-state index is 11.5. The van der Waals surface area contributed by atoms with Crippen LogP contribution in [0.3, 0.4) is 0 Å². The number of hydrogen-bond donors (Lipinski definition) is 1. The molecule has 1 nitrogen and oxygen atoms in total. The Morgan fingerprint density at radius 1 is 0.826 bits per heavy atom. The molecule has 0 unspecified atom stereocenters. The normalized spacial score (nSPS) is 56.1. The Kier molecular flexibility index (Phi) is 3.73. The fraction of sp³-hybridized carbons (Fsp3) is 1.00. The smallest absolute Gasteiger partial charge is 0.0726 e. The van der Waals surface area contributed by atoms with Crippen LogP contribution in [-0.2, 0) is 0 Å². The Morgan fingerprint density at radius 2 is 1.57 bits per heavy atom. The highest BCUT2D eigenvalue weighted by Crippen LogP contribution is 2.69. The van der Waals surface area contributed by atoms with Gasteiger partial charge in [0.05, 0.1) is 5.60 Å². The van der Waals surface area contributed by atoms with E-state index in [-0.39, 0.29) is 5.41 Å². The van der Waals surface area contributed by atoms with Crippen LogP contribution in [0.25, 0.3) is 0 Å². The largest absolute Gasteiger partial charge is 0.389 e. The Bertz CT molecular complexity index is 471. The monoisotopic (exact) mass is 318 g/mol. The van der Waals surface area contributed by atoms with Gasteiger partial charge >= 0.3 is 0 Å². The maximum atomic E-state index is 11.5. The Morgan fingerprint density at radius 3 is 2.30 bits per heavy atom. The molecule has 0 saturated heterocycles. The molecular formula is C22H38O. The molecule has 132 valence electrons. The summed E-state index contributed by atoms with van der Waals surface area (Å²) in [6, 6.07) is 0. The fourth-order valence-electron chi connectivity index (χ4n) is 8.29. The van der Waals surface area contributed by atoms with E-state index in [0.717, 1.165) is 30.1 Å². The molecule has 0 aliphatic heterocycles. The SMILES string of the molecule is CC(C)[C@]1(O)CC[C@H]2[C@@H]3CC[C@H]4CCCC[C@]4(C)[C@H]3CC[C@@]21C. The van der Waals surface area contributed by atoms with Crippen molar-refractivity contribution in [2.75, 3.05) is 0 Å². The van der Waals surface area contributed by atoms with E-state index in [2.05, 4.69) is 27.7 Å². The molecule has 0 amide bonds. The molecule has 0 aromatic heterocycles. The van der Waals surface area contributed by atoms with Crippen LogP contribution in [0.4, 0.5) is 0 Å². The molecule has 4 saturated carbocycles. The van der Waals surface area contributed by atoms with Crippen molar-refractivity contribution in [3.63, 3.8) is 0 Å². The average Bonchev–Trinajstić information content (AvgIpc) is 2.80. The highest BCUT2D eigenvalue weighted by Gasteiger charge is 2.64. The van der Waals surface area contributed by atoms with Crippen molar-refractivity contribution in [1.82, 2.24) is 0 Å². The molecule has 0 aromatic rings. The molecule has 4 aliphatic carbocycles. The molecule has 1 heteroatoms. The van der Waals surface area contributed by atoms with Crippen molar-refractivity contribution in [2.24, 2.45) is 40.4 Å². The lowest BCUT2D eigenvalue weighted by atomic mass is 9.44. The van der Waals surface area contributed by atoms with E-state index >= 15 is 0 Å². The van der Waals surface area contributed by atoms with Gasteiger partial charge in [-0.3, -0.25) is 0 Å². The number of hydrogen-bond acceptors (Lipinski definition) is 1. The van der Waals surface area contributed by atoms with E-state index in [0.29, 0.717) is 11.3 Å². The minimum absolute atomic E-state index is 0.181. The Balaban J connectivity index is 1.65. The fourth-order valence-corrected chi connectivity index (χ4v) is 8.29. The summed E-state index contributed by atoms with van der Waals surface area (Å²) >= 11 is 0. The van der Waals surface area contributed by atoms with Crippen molar-refractivity contribution in [3.8, 4) is 0 Å². The Labute approximate surface area is 143 Å². The quantitative estimate of drug-likeness (QED) is 0.647. The van der Waals surface area contributed by atoms with Crippen LogP contribution in [0.5, 0.6) is 0 Å². The van der Waals surface area contributed by atoms with Crippen molar-refractivity contribution >= 4 is 0 Å². The second-order valence-corrected chi connectivity index (χ2v) is 10.5. The van der Waals surface area contributed by atoms with Gasteiger partial charge in [0.2, 0.25) is 0 Å². The minimum atomic E-state index is -0.410. The third-order valence-corrected chi connectivity index (χ3v) is 9.75. The number of aliphatic hydroxyl groups is 1. The van der Waals surface area contributed by atoms with Crippen LogP contribution >= 0.6 is 0 Å². The first-order valence-electron chi connectivity index (χ1n) is 10.6. The summed E-state index contributed by atoms with van der Waals surface area (Å²) in [4.78, 5) is 0. The predicted molar refractivity (Wildman–Crippen MR) is 96.1 cm³/mol. The van der Waals surface area contributed by atoms with Crippen LogP contribution < -0.4 is 0 Å². The second-order valence-electron chi connectivity index (χ2n) is 10.5. The van der Waals surface area contributed by atoms with E-state index in [1.807, 2.05) is 0 Å². The van der Waals surface area contributed by atoms with Gasteiger partial charge in [0.25, 0.3) is 0 Å². The van der Waals surface area contributed by atoms with Crippen LogP contribution in [0.15, 0.2) is 0 Å². The maximum Gasteiger partial charge on any atom is 0.0726 e. The zero-order valence-electron chi connectivity index (χ0n) is 15.9. The standard InChI is InChI=1S/C22H38O/c1-15(2)22(23)14-11-19-17-9-8-16-7-5-6-12-20(16,3)18(17)10-13-21(19,22)4/h15-19,23H,5-14H2,1-4H3/t16-,17-,18+,19+,20+,21+,22-/m1/s1. The van der Waals surface area contributed by atoms with Crippen molar-refractivity contribution in [2.45, 2.75) is 97.5 Å². The summed E-state index contributed by atoms with van der Waals surface area (Å²) in [6.45, 7) is 9.61. The van der Waals surface area contributed by atoms with Crippen LogP contribution in [0, 0.1) is 40.4 Å². The molecule has 0 aromatic carbocycles. The zero-order valence-corrected chi connectivity index (χ0v) is 15.9. The van der Waals surface area contributed by atoms with Gasteiger partial charge in [-0.15, -0.1) is 0 Å². The van der Waals surface area contributed by atoms with Crippen molar-refractivity contribution < 1.29 is 5.11 Å². The summed E-state index contributed by atoms with van der Waals surface area (Å²) < 4.78 is 0. The summed E-state index contributed by atoms with van der Waals surface area (Å²) in [7, 11) is 0. The summed E-state index contributed by atoms with van der Waals surface area (Å²) in [6.07, 6.45) is 13.9. The van der Waals surface area contributed by atoms with Gasteiger partial charge in [-0.2, -0.15) is 0 Å². The first-order valence-corrected chi connectivity index (χ1v) is 10.6. The molecule has 7 atom stereocenters. The molecule has 0 heterocycles. The molecule has 0 bridgehead atoms. The first-order chi connectivity index (χ1) is 10.8. The van der Waals surface area contributed by atoms with Gasteiger partial charge < -0.3 is 5.11 Å². The molecular weight excluding hydrogens is 280 g/mol. The first kappa shape index (κ1) is 16.4. The highest BCUT2D eigenvalue weighted by atomic mass is 16.3. The summed E-state index contributed by atoms with van der Waals surface area (Å²) in [5.41, 5.74) is 0.397. The van der Waals surface area contributed by atoms with Gasteiger partial charge in [-0.05, 0) is 91.8 Å². The molecule has 0 radical (unpaired) electrons. The number of fused-ring (bicyclic) bond motifs is 5. The predicted octanol–water partition coefficient (Wildman–Crippen LogP) is 5.81. The molecule has 4 fully saturated rings. The van der Waals surface area contributed by atoms with E-state index in [1.54, 1.807) is 0 Å². The van der Waals surface area contributed by atoms with Gasteiger partial charge in [0.15, 0.2) is 0 Å². The summed E-state index contributed by atoms with van der Waals surface area (Å²) in [5, 5.41) is 11.5. The third kappa shape index (κ3) is 2.01. The van der Waals surface area contributed by atoms with Crippen molar-refractivity contribution in [1.29, 1.82) is 0 Å². The summed E-state index contributed by atoms with van der Waals surface area (Å²) in [5.74, 6) is 4.05. The van der Waals surface area contributed by atoms with Crippen LogP contribution in [0.2, 0.25) is 0 Å². The topological polar surface area (TPSA) is 20.2 Å². The van der Waals surface area contributed by atoms with E-state index in [1.165, 1.54) is 57.8 Å². The number of rotatable bonds is 1. The minimum Gasteiger partial charge on any atom is -0.389 e. The molecule has 4 aliphatic rings. The van der Waals surface area contributed by atoms with Gasteiger partial charge in [-0.1, -0.05) is 40.5 Å². The highest BCUT2D eigenvalue weighted by molar-refractivity contribution is 5.14. The van der Waals surface area contributed by atoms with Gasteiger partial charge in [0, 0.05) is 0 Å². The lowest BCUT2D eigenvalue weighted by molar-refractivity contribution is -0.165. The van der Waals surface area contributed by atoms with E-state index in [4.69, 9.17) is 0 Å². The van der Waals surface area contributed by atoms with E-state index in [9.17, 15) is 5.11 Å². The lowest BCUT2D eigenvalue weighted by Crippen LogP contribution is -2.57. The lowest BCUT2D eigenvalue weighted by Gasteiger charge is -2.61. The molecule has 0 spiro atoms. The third-order valence-electron chi connectivity index (χ3n) is 9.75. The van der Waals surface area contributed by atoms with Gasteiger partial charge in [0.1, 0.15) is 0 Å². The van der Waals surface area contributed by atoms with Gasteiger partial charge in [-0.25, -0.2) is 0 Å². The second kappa shape index (κ2) is 5.23.